The fraction of sp³-hybridized carbons (Fsp3) is 0.524. The van der Waals surface area contributed by atoms with Gasteiger partial charge in [0.15, 0.2) is 0 Å². The first-order chi connectivity index (χ1) is 12.1. The van der Waals surface area contributed by atoms with Gasteiger partial charge in [0.2, 0.25) is 0 Å². The zero-order valence-electron chi connectivity index (χ0n) is 15.4. The summed E-state index contributed by atoms with van der Waals surface area (Å²) in [6.07, 6.45) is 5.25. The molecule has 2 aromatic rings. The van der Waals surface area contributed by atoms with E-state index in [0.29, 0.717) is 23.6 Å². The molecule has 0 radical (unpaired) electrons. The third-order valence-electron chi connectivity index (χ3n) is 6.29. The lowest BCUT2D eigenvalue weighted by molar-refractivity contribution is 0.0625. The summed E-state index contributed by atoms with van der Waals surface area (Å²) in [6, 6.07) is 6.19. The minimum Gasteiger partial charge on any atom is -0.507 e. The standard InChI is InChI=1S/C21H28N2O2/c1-4-14-11-23-9-8-15-20-17(6-5-7-19(20)24)22-21(15)18(23)10-16(14)13(2)12-25-3/h5-7,12,14,16,18,22,24H,4,8-11H2,1-3H3/b13-12-. The van der Waals surface area contributed by atoms with Crippen LogP contribution >= 0.6 is 0 Å². The van der Waals surface area contributed by atoms with Gasteiger partial charge in [0, 0.05) is 29.7 Å². The quantitative estimate of drug-likeness (QED) is 0.816. The summed E-state index contributed by atoms with van der Waals surface area (Å²) in [7, 11) is 1.73. The van der Waals surface area contributed by atoms with Crippen molar-refractivity contribution < 1.29 is 9.84 Å². The largest absolute Gasteiger partial charge is 0.507 e. The molecule has 2 aliphatic heterocycles. The van der Waals surface area contributed by atoms with Gasteiger partial charge in [0.25, 0.3) is 0 Å². The predicted molar refractivity (Wildman–Crippen MR) is 101 cm³/mol. The Morgan fingerprint density at radius 2 is 2.28 bits per heavy atom. The molecule has 1 aromatic carbocycles. The number of aromatic nitrogens is 1. The van der Waals surface area contributed by atoms with Crippen molar-refractivity contribution in [2.75, 3.05) is 20.2 Å². The number of phenols is 1. The van der Waals surface area contributed by atoms with Gasteiger partial charge in [-0.1, -0.05) is 19.4 Å². The highest BCUT2D eigenvalue weighted by molar-refractivity contribution is 5.90. The molecule has 4 nitrogen and oxygen atoms in total. The van der Waals surface area contributed by atoms with E-state index in [1.165, 1.54) is 23.3 Å². The van der Waals surface area contributed by atoms with Crippen molar-refractivity contribution in [3.8, 4) is 5.75 Å². The average Bonchev–Trinajstić information content (AvgIpc) is 3.01. The predicted octanol–water partition coefficient (Wildman–Crippen LogP) is 4.37. The summed E-state index contributed by atoms with van der Waals surface area (Å²) in [5, 5.41) is 11.4. The highest BCUT2D eigenvalue weighted by Gasteiger charge is 2.40. The molecule has 4 rings (SSSR count). The van der Waals surface area contributed by atoms with Crippen molar-refractivity contribution in [3.05, 3.63) is 41.3 Å². The van der Waals surface area contributed by atoms with Crippen molar-refractivity contribution in [2.45, 2.75) is 39.2 Å². The third-order valence-corrected chi connectivity index (χ3v) is 6.29. The molecular formula is C21H28N2O2. The number of hydrogen-bond acceptors (Lipinski definition) is 3. The van der Waals surface area contributed by atoms with Crippen LogP contribution in [0.2, 0.25) is 0 Å². The van der Waals surface area contributed by atoms with Gasteiger partial charge in [0.1, 0.15) is 5.75 Å². The van der Waals surface area contributed by atoms with Crippen LogP contribution in [0.1, 0.15) is 44.0 Å². The zero-order valence-corrected chi connectivity index (χ0v) is 15.4. The maximum absolute atomic E-state index is 10.3. The van der Waals surface area contributed by atoms with Gasteiger partial charge in [-0.3, -0.25) is 4.90 Å². The summed E-state index contributed by atoms with van der Waals surface area (Å²) < 4.78 is 5.30. The van der Waals surface area contributed by atoms with Crippen LogP contribution in [-0.2, 0) is 11.2 Å². The Bertz CT molecular complexity index is 808. The number of piperidine rings is 1. The van der Waals surface area contributed by atoms with Crippen molar-refractivity contribution in [3.63, 3.8) is 0 Å². The number of aromatic hydroxyl groups is 1. The van der Waals surface area contributed by atoms with Crippen molar-refractivity contribution >= 4 is 10.9 Å². The van der Waals surface area contributed by atoms with E-state index in [2.05, 4.69) is 29.8 Å². The molecule has 0 aliphatic carbocycles. The van der Waals surface area contributed by atoms with Crippen molar-refractivity contribution in [1.29, 1.82) is 0 Å². The van der Waals surface area contributed by atoms with E-state index in [1.807, 2.05) is 12.3 Å². The molecule has 1 aromatic heterocycles. The maximum Gasteiger partial charge on any atom is 0.125 e. The number of methoxy groups -OCH3 is 1. The molecule has 3 unspecified atom stereocenters. The second kappa shape index (κ2) is 6.41. The van der Waals surface area contributed by atoms with Crippen LogP contribution in [0.3, 0.4) is 0 Å². The Kier molecular flexibility index (Phi) is 4.24. The van der Waals surface area contributed by atoms with Crippen LogP contribution in [0.5, 0.6) is 5.75 Å². The number of fused-ring (bicyclic) bond motifs is 5. The summed E-state index contributed by atoms with van der Waals surface area (Å²) in [6.45, 7) is 6.72. The van der Waals surface area contributed by atoms with Crippen LogP contribution in [0.15, 0.2) is 30.0 Å². The molecule has 0 amide bonds. The van der Waals surface area contributed by atoms with E-state index >= 15 is 0 Å². The van der Waals surface area contributed by atoms with Gasteiger partial charge in [-0.15, -0.1) is 0 Å². The van der Waals surface area contributed by atoms with Crippen LogP contribution in [-0.4, -0.2) is 35.2 Å². The number of H-pyrrole nitrogens is 1. The Hall–Kier alpha value is -1.94. The zero-order chi connectivity index (χ0) is 17.6. The van der Waals surface area contributed by atoms with E-state index in [1.54, 1.807) is 13.2 Å². The molecule has 4 heteroatoms. The molecule has 3 heterocycles. The number of nitrogens with one attached hydrogen (secondary N) is 1. The van der Waals surface area contributed by atoms with Crippen LogP contribution in [0.4, 0.5) is 0 Å². The highest BCUT2D eigenvalue weighted by atomic mass is 16.5. The molecule has 2 N–H and O–H groups in total. The van der Waals surface area contributed by atoms with E-state index in [-0.39, 0.29) is 0 Å². The second-order valence-electron chi connectivity index (χ2n) is 7.59. The van der Waals surface area contributed by atoms with Gasteiger partial charge in [-0.25, -0.2) is 0 Å². The average molecular weight is 340 g/mol. The monoisotopic (exact) mass is 340 g/mol. The molecule has 3 atom stereocenters. The summed E-state index contributed by atoms with van der Waals surface area (Å²) in [5.74, 6) is 1.64. The highest BCUT2D eigenvalue weighted by Crippen LogP contribution is 2.46. The molecule has 0 saturated carbocycles. The number of rotatable bonds is 3. The first kappa shape index (κ1) is 16.5. The maximum atomic E-state index is 10.3. The number of benzene rings is 1. The number of allylic oxidation sites excluding steroid dienone is 1. The van der Waals surface area contributed by atoms with Gasteiger partial charge < -0.3 is 14.8 Å². The molecule has 1 saturated heterocycles. The lowest BCUT2D eigenvalue weighted by Crippen LogP contribution is -2.46. The SMILES string of the molecule is CCC1CN2CCc3c([nH]c4cccc(O)c34)C2CC1/C(C)=C\OC. The van der Waals surface area contributed by atoms with Gasteiger partial charge in [0.05, 0.1) is 19.4 Å². The summed E-state index contributed by atoms with van der Waals surface area (Å²) in [5.41, 5.74) is 5.04. The first-order valence-corrected chi connectivity index (χ1v) is 9.40. The normalized spacial score (nSPS) is 27.2. The fourth-order valence-corrected chi connectivity index (χ4v) is 5.05. The molecular weight excluding hydrogens is 312 g/mol. The fourth-order valence-electron chi connectivity index (χ4n) is 5.05. The Labute approximate surface area is 149 Å². The number of nitrogens with zero attached hydrogens (tertiary/aromatic N) is 1. The van der Waals surface area contributed by atoms with Crippen LogP contribution in [0, 0.1) is 11.8 Å². The molecule has 134 valence electrons. The second-order valence-corrected chi connectivity index (χ2v) is 7.59. The minimum atomic E-state index is 0.401. The van der Waals surface area contributed by atoms with Crippen molar-refractivity contribution in [2.24, 2.45) is 11.8 Å². The molecule has 0 spiro atoms. The number of ether oxygens (including phenoxy) is 1. The van der Waals surface area contributed by atoms with E-state index in [4.69, 9.17) is 4.74 Å². The van der Waals surface area contributed by atoms with Crippen molar-refractivity contribution in [1.82, 2.24) is 9.88 Å². The van der Waals surface area contributed by atoms with E-state index in [9.17, 15) is 5.11 Å². The topological polar surface area (TPSA) is 48.5 Å². The van der Waals surface area contributed by atoms with Gasteiger partial charge in [-0.05, 0) is 54.9 Å². The first-order valence-electron chi connectivity index (χ1n) is 9.40. The number of hydrogen-bond donors (Lipinski definition) is 2. The summed E-state index contributed by atoms with van der Waals surface area (Å²) >= 11 is 0. The third kappa shape index (κ3) is 2.63. The molecule has 1 fully saturated rings. The Morgan fingerprint density at radius 3 is 3.04 bits per heavy atom. The lowest BCUT2D eigenvalue weighted by Gasteiger charge is -2.46. The van der Waals surface area contributed by atoms with Gasteiger partial charge >= 0.3 is 0 Å². The number of aromatic amines is 1. The van der Waals surface area contributed by atoms with Gasteiger partial charge in [-0.2, -0.15) is 0 Å². The summed E-state index contributed by atoms with van der Waals surface area (Å²) in [4.78, 5) is 6.27. The number of phenolic OH excluding ortho intramolecular Hbond substituents is 1. The Morgan fingerprint density at radius 1 is 1.44 bits per heavy atom. The van der Waals surface area contributed by atoms with E-state index < -0.39 is 0 Å². The molecule has 25 heavy (non-hydrogen) atoms. The lowest BCUT2D eigenvalue weighted by atomic mass is 9.74. The Balaban J connectivity index is 1.75. The molecule has 0 bridgehead atoms. The molecule has 2 aliphatic rings. The van der Waals surface area contributed by atoms with Crippen LogP contribution < -0.4 is 0 Å². The smallest absolute Gasteiger partial charge is 0.125 e. The van der Waals surface area contributed by atoms with Crippen LogP contribution in [0.25, 0.3) is 10.9 Å². The minimum absolute atomic E-state index is 0.401. The van der Waals surface area contributed by atoms with E-state index in [0.717, 1.165) is 36.8 Å².